The molecule has 9 nitrogen and oxygen atoms in total. The van der Waals surface area contributed by atoms with Gasteiger partial charge in [0.1, 0.15) is 13.2 Å². The van der Waals surface area contributed by atoms with Crippen LogP contribution in [0.25, 0.3) is 0 Å². The Bertz CT molecular complexity index is 992. The van der Waals surface area contributed by atoms with Gasteiger partial charge in [0.25, 0.3) is 0 Å². The fourth-order valence-corrected chi connectivity index (χ4v) is 3.76. The van der Waals surface area contributed by atoms with E-state index in [2.05, 4.69) is 10.0 Å². The van der Waals surface area contributed by atoms with Crippen molar-refractivity contribution < 1.29 is 32.2 Å². The van der Waals surface area contributed by atoms with E-state index in [0.29, 0.717) is 41.9 Å². The summed E-state index contributed by atoms with van der Waals surface area (Å²) in [4.78, 5) is 12.1. The fourth-order valence-electron chi connectivity index (χ4n) is 2.71. The molecule has 3 rings (SSSR count). The van der Waals surface area contributed by atoms with E-state index < -0.39 is 10.0 Å². The first kappa shape index (κ1) is 20.7. The molecule has 0 unspecified atom stereocenters. The number of benzene rings is 2. The number of rotatable bonds is 8. The maximum atomic E-state index is 12.4. The van der Waals surface area contributed by atoms with Crippen molar-refractivity contribution in [2.75, 3.05) is 39.3 Å². The Hall–Kier alpha value is -2.98. The van der Waals surface area contributed by atoms with E-state index in [-0.39, 0.29) is 23.8 Å². The summed E-state index contributed by atoms with van der Waals surface area (Å²) in [7, 11) is -0.917. The molecule has 0 fully saturated rings. The van der Waals surface area contributed by atoms with E-state index in [0.717, 1.165) is 0 Å². The average molecular weight is 422 g/mol. The Morgan fingerprint density at radius 1 is 1.00 bits per heavy atom. The van der Waals surface area contributed by atoms with Crippen molar-refractivity contribution in [1.82, 2.24) is 4.72 Å². The zero-order valence-corrected chi connectivity index (χ0v) is 16.9. The highest BCUT2D eigenvalue weighted by molar-refractivity contribution is 7.89. The summed E-state index contributed by atoms with van der Waals surface area (Å²) in [6, 6.07) is 9.33. The summed E-state index contributed by atoms with van der Waals surface area (Å²) in [5, 5.41) is 2.71. The molecular formula is C19H22N2O7S. The number of methoxy groups -OCH3 is 2. The van der Waals surface area contributed by atoms with Crippen LogP contribution >= 0.6 is 0 Å². The summed E-state index contributed by atoms with van der Waals surface area (Å²) in [6.07, 6.45) is -0.0407. The molecule has 0 saturated carbocycles. The third-order valence-electron chi connectivity index (χ3n) is 4.14. The maximum absolute atomic E-state index is 12.4. The zero-order valence-electron chi connectivity index (χ0n) is 16.1. The SMILES string of the molecule is COc1ccc(S(=O)(=O)NCCC(=O)Nc2ccc3c(c2)OCCO3)cc1OC. The van der Waals surface area contributed by atoms with Crippen LogP contribution in [-0.2, 0) is 14.8 Å². The lowest BCUT2D eigenvalue weighted by Crippen LogP contribution is -2.28. The van der Waals surface area contributed by atoms with Crippen LogP contribution in [0, 0.1) is 0 Å². The highest BCUT2D eigenvalue weighted by Gasteiger charge is 2.18. The molecule has 0 aromatic heterocycles. The van der Waals surface area contributed by atoms with Gasteiger partial charge in [0, 0.05) is 30.8 Å². The van der Waals surface area contributed by atoms with Gasteiger partial charge in [0.05, 0.1) is 19.1 Å². The van der Waals surface area contributed by atoms with E-state index in [1.165, 1.54) is 32.4 Å². The van der Waals surface area contributed by atoms with Gasteiger partial charge in [-0.25, -0.2) is 13.1 Å². The molecule has 2 aromatic rings. The lowest BCUT2D eigenvalue weighted by atomic mass is 10.2. The second kappa shape index (κ2) is 9.01. The number of hydrogen-bond donors (Lipinski definition) is 2. The minimum Gasteiger partial charge on any atom is -0.493 e. The molecule has 0 radical (unpaired) electrons. The lowest BCUT2D eigenvalue weighted by Gasteiger charge is -2.19. The predicted molar refractivity (Wildman–Crippen MR) is 105 cm³/mol. The number of fused-ring (bicyclic) bond motifs is 1. The summed E-state index contributed by atoms with van der Waals surface area (Å²) in [5.74, 6) is 1.56. The Morgan fingerprint density at radius 2 is 1.72 bits per heavy atom. The summed E-state index contributed by atoms with van der Waals surface area (Å²) >= 11 is 0. The molecule has 1 aliphatic heterocycles. The first-order chi connectivity index (χ1) is 13.9. The summed E-state index contributed by atoms with van der Waals surface area (Å²) in [6.45, 7) is 0.869. The Kier molecular flexibility index (Phi) is 6.45. The second-order valence-corrected chi connectivity index (χ2v) is 7.84. The molecule has 0 atom stereocenters. The molecule has 2 N–H and O–H groups in total. The van der Waals surface area contributed by atoms with Gasteiger partial charge in [0.2, 0.25) is 15.9 Å². The number of hydrogen-bond acceptors (Lipinski definition) is 7. The van der Waals surface area contributed by atoms with Crippen LogP contribution in [0.4, 0.5) is 5.69 Å². The van der Waals surface area contributed by atoms with Crippen LogP contribution in [0.1, 0.15) is 6.42 Å². The van der Waals surface area contributed by atoms with Crippen LogP contribution in [0.3, 0.4) is 0 Å². The number of carbonyl (C=O) groups is 1. The maximum Gasteiger partial charge on any atom is 0.240 e. The Labute approximate surface area is 169 Å². The minimum absolute atomic E-state index is 0.0161. The van der Waals surface area contributed by atoms with Gasteiger partial charge in [-0.05, 0) is 24.3 Å². The standard InChI is InChI=1S/C19H22N2O7S/c1-25-15-6-4-14(12-17(15)26-2)29(23,24)20-8-7-19(22)21-13-3-5-16-18(11-13)28-10-9-27-16/h3-6,11-12,20H,7-10H2,1-2H3,(H,21,22). The lowest BCUT2D eigenvalue weighted by molar-refractivity contribution is -0.116. The van der Waals surface area contributed by atoms with Gasteiger partial charge < -0.3 is 24.3 Å². The first-order valence-corrected chi connectivity index (χ1v) is 10.3. The molecule has 1 amide bonds. The zero-order chi connectivity index (χ0) is 20.9. The van der Waals surface area contributed by atoms with Crippen molar-refractivity contribution in [3.05, 3.63) is 36.4 Å². The molecule has 10 heteroatoms. The van der Waals surface area contributed by atoms with Crippen molar-refractivity contribution in [1.29, 1.82) is 0 Å². The van der Waals surface area contributed by atoms with Gasteiger partial charge in [-0.2, -0.15) is 0 Å². The molecule has 0 aliphatic carbocycles. The van der Waals surface area contributed by atoms with E-state index in [1.807, 2.05) is 0 Å². The number of amides is 1. The molecule has 1 aliphatic rings. The Balaban J connectivity index is 1.55. The number of sulfonamides is 1. The van der Waals surface area contributed by atoms with Crippen LogP contribution in [0.2, 0.25) is 0 Å². The molecule has 156 valence electrons. The van der Waals surface area contributed by atoms with Crippen molar-refractivity contribution in [2.45, 2.75) is 11.3 Å². The van der Waals surface area contributed by atoms with Gasteiger partial charge in [-0.15, -0.1) is 0 Å². The molecule has 1 heterocycles. The van der Waals surface area contributed by atoms with E-state index in [9.17, 15) is 13.2 Å². The highest BCUT2D eigenvalue weighted by Crippen LogP contribution is 2.32. The quantitative estimate of drug-likeness (QED) is 0.667. The third kappa shape index (κ3) is 5.09. The van der Waals surface area contributed by atoms with Gasteiger partial charge in [0.15, 0.2) is 23.0 Å². The third-order valence-corrected chi connectivity index (χ3v) is 5.59. The average Bonchev–Trinajstić information content (AvgIpc) is 2.73. The summed E-state index contributed by atoms with van der Waals surface area (Å²) in [5.41, 5.74) is 0.544. The topological polar surface area (TPSA) is 112 Å². The number of nitrogens with one attached hydrogen (secondary N) is 2. The molecule has 29 heavy (non-hydrogen) atoms. The fraction of sp³-hybridized carbons (Fsp3) is 0.316. The number of ether oxygens (including phenoxy) is 4. The molecule has 0 spiro atoms. The van der Waals surface area contributed by atoms with Crippen molar-refractivity contribution in [3.8, 4) is 23.0 Å². The monoisotopic (exact) mass is 422 g/mol. The van der Waals surface area contributed by atoms with Crippen molar-refractivity contribution >= 4 is 21.6 Å². The van der Waals surface area contributed by atoms with E-state index >= 15 is 0 Å². The molecular weight excluding hydrogens is 400 g/mol. The van der Waals surface area contributed by atoms with Gasteiger partial charge >= 0.3 is 0 Å². The first-order valence-electron chi connectivity index (χ1n) is 8.84. The van der Waals surface area contributed by atoms with Crippen molar-refractivity contribution in [3.63, 3.8) is 0 Å². The van der Waals surface area contributed by atoms with Crippen molar-refractivity contribution in [2.24, 2.45) is 0 Å². The number of anilines is 1. The van der Waals surface area contributed by atoms with E-state index in [4.69, 9.17) is 18.9 Å². The van der Waals surface area contributed by atoms with Crippen LogP contribution in [0.15, 0.2) is 41.3 Å². The highest BCUT2D eigenvalue weighted by atomic mass is 32.2. The summed E-state index contributed by atoms with van der Waals surface area (Å²) < 4.78 is 48.4. The Morgan fingerprint density at radius 3 is 2.45 bits per heavy atom. The smallest absolute Gasteiger partial charge is 0.240 e. The normalized spacial score (nSPS) is 12.9. The van der Waals surface area contributed by atoms with Gasteiger partial charge in [-0.1, -0.05) is 0 Å². The second-order valence-electron chi connectivity index (χ2n) is 6.07. The number of carbonyl (C=O) groups excluding carboxylic acids is 1. The van der Waals surface area contributed by atoms with Crippen LogP contribution in [0.5, 0.6) is 23.0 Å². The molecule has 0 saturated heterocycles. The van der Waals surface area contributed by atoms with Gasteiger partial charge in [-0.3, -0.25) is 4.79 Å². The van der Waals surface area contributed by atoms with Crippen LogP contribution in [-0.4, -0.2) is 48.3 Å². The molecule has 0 bridgehead atoms. The minimum atomic E-state index is -3.80. The van der Waals surface area contributed by atoms with Crippen LogP contribution < -0.4 is 29.0 Å². The largest absolute Gasteiger partial charge is 0.493 e. The van der Waals surface area contributed by atoms with E-state index in [1.54, 1.807) is 18.2 Å². The molecule has 2 aromatic carbocycles. The predicted octanol–water partition coefficient (Wildman–Crippen LogP) is 1.78.